The molecular formula is C15H16BrN3O2. The summed E-state index contributed by atoms with van der Waals surface area (Å²) in [6.07, 6.45) is 1.62. The minimum Gasteiger partial charge on any atom is -0.483 e. The molecule has 1 heterocycles. The highest BCUT2D eigenvalue weighted by molar-refractivity contribution is 9.10. The molecule has 0 aliphatic rings. The molecule has 1 aromatic carbocycles. The van der Waals surface area contributed by atoms with Crippen molar-refractivity contribution in [2.45, 2.75) is 6.54 Å². The number of amides is 1. The van der Waals surface area contributed by atoms with Crippen molar-refractivity contribution in [3.63, 3.8) is 0 Å². The van der Waals surface area contributed by atoms with Gasteiger partial charge in [-0.3, -0.25) is 4.79 Å². The molecule has 21 heavy (non-hydrogen) atoms. The molecule has 0 atom stereocenters. The van der Waals surface area contributed by atoms with E-state index in [1.165, 1.54) is 0 Å². The summed E-state index contributed by atoms with van der Waals surface area (Å²) in [6.45, 7) is 0.629. The molecule has 0 spiro atoms. The van der Waals surface area contributed by atoms with Crippen LogP contribution in [0.15, 0.2) is 47.1 Å². The lowest BCUT2D eigenvalue weighted by Gasteiger charge is -2.11. The highest BCUT2D eigenvalue weighted by Crippen LogP contribution is 2.17. The number of ether oxygens (including phenoxy) is 1. The number of anilines is 1. The SMILES string of the molecule is CNCc1ccccc1OCC(=O)Nc1ccc(Br)cn1. The van der Waals surface area contributed by atoms with Crippen LogP contribution < -0.4 is 15.4 Å². The van der Waals surface area contributed by atoms with E-state index in [2.05, 4.69) is 31.5 Å². The van der Waals surface area contributed by atoms with Crippen molar-refractivity contribution >= 4 is 27.7 Å². The number of para-hydroxylation sites is 1. The minimum absolute atomic E-state index is 0.0571. The largest absolute Gasteiger partial charge is 0.483 e. The first kappa shape index (κ1) is 15.5. The summed E-state index contributed by atoms with van der Waals surface area (Å²) in [4.78, 5) is 15.9. The van der Waals surface area contributed by atoms with Gasteiger partial charge in [0.2, 0.25) is 0 Å². The molecule has 2 N–H and O–H groups in total. The van der Waals surface area contributed by atoms with E-state index in [0.717, 1.165) is 10.0 Å². The smallest absolute Gasteiger partial charge is 0.263 e. The predicted octanol–water partition coefficient (Wildman–Crippen LogP) is 2.58. The van der Waals surface area contributed by atoms with Crippen molar-refractivity contribution in [2.75, 3.05) is 19.0 Å². The van der Waals surface area contributed by atoms with E-state index >= 15 is 0 Å². The summed E-state index contributed by atoms with van der Waals surface area (Å²) in [5, 5.41) is 5.74. The Kier molecular flexibility index (Phi) is 5.71. The number of pyridine rings is 1. The number of carbonyl (C=O) groups excluding carboxylic acids is 1. The molecule has 6 heteroatoms. The fourth-order valence-electron chi connectivity index (χ4n) is 1.75. The van der Waals surface area contributed by atoms with Crippen LogP contribution in [-0.2, 0) is 11.3 Å². The zero-order valence-electron chi connectivity index (χ0n) is 11.6. The van der Waals surface area contributed by atoms with Crippen LogP contribution in [0, 0.1) is 0 Å². The van der Waals surface area contributed by atoms with Crippen molar-refractivity contribution in [1.82, 2.24) is 10.3 Å². The minimum atomic E-state index is -0.246. The Bertz CT molecular complexity index is 602. The molecule has 5 nitrogen and oxygen atoms in total. The number of hydrogen-bond donors (Lipinski definition) is 2. The Morgan fingerprint density at radius 1 is 1.29 bits per heavy atom. The number of nitrogens with one attached hydrogen (secondary N) is 2. The third-order valence-electron chi connectivity index (χ3n) is 2.69. The van der Waals surface area contributed by atoms with Crippen LogP contribution in [0.1, 0.15) is 5.56 Å². The third kappa shape index (κ3) is 4.84. The predicted molar refractivity (Wildman–Crippen MR) is 85.3 cm³/mol. The van der Waals surface area contributed by atoms with Crippen molar-refractivity contribution in [1.29, 1.82) is 0 Å². The summed E-state index contributed by atoms with van der Waals surface area (Å²) in [5.41, 5.74) is 1.01. The lowest BCUT2D eigenvalue weighted by Crippen LogP contribution is -2.21. The quantitative estimate of drug-likeness (QED) is 0.841. The molecule has 110 valence electrons. The van der Waals surface area contributed by atoms with Crippen molar-refractivity contribution in [3.8, 4) is 5.75 Å². The van der Waals surface area contributed by atoms with Gasteiger partial charge in [0.1, 0.15) is 11.6 Å². The summed E-state index contributed by atoms with van der Waals surface area (Å²) in [6, 6.07) is 11.1. The summed E-state index contributed by atoms with van der Waals surface area (Å²) < 4.78 is 6.42. The van der Waals surface area contributed by atoms with Crippen LogP contribution >= 0.6 is 15.9 Å². The fraction of sp³-hybridized carbons (Fsp3) is 0.200. The Morgan fingerprint density at radius 2 is 2.10 bits per heavy atom. The number of aromatic nitrogens is 1. The van der Waals surface area contributed by atoms with Crippen molar-refractivity contribution in [3.05, 3.63) is 52.6 Å². The summed E-state index contributed by atoms with van der Waals surface area (Å²) in [5.74, 6) is 0.949. The highest BCUT2D eigenvalue weighted by atomic mass is 79.9. The topological polar surface area (TPSA) is 63.2 Å². The van der Waals surface area contributed by atoms with Crippen LogP contribution in [-0.4, -0.2) is 24.5 Å². The average molecular weight is 350 g/mol. The first-order valence-electron chi connectivity index (χ1n) is 6.46. The summed E-state index contributed by atoms with van der Waals surface area (Å²) >= 11 is 3.29. The Morgan fingerprint density at radius 3 is 2.81 bits per heavy atom. The molecule has 0 bridgehead atoms. The second-order valence-electron chi connectivity index (χ2n) is 4.34. The zero-order valence-corrected chi connectivity index (χ0v) is 13.2. The maximum Gasteiger partial charge on any atom is 0.263 e. The van der Waals surface area contributed by atoms with Gasteiger partial charge in [0.05, 0.1) is 0 Å². The molecule has 0 unspecified atom stereocenters. The number of nitrogens with zero attached hydrogens (tertiary/aromatic N) is 1. The normalized spacial score (nSPS) is 10.2. The van der Waals surface area contributed by atoms with Gasteiger partial charge in [-0.15, -0.1) is 0 Å². The Labute approximate surface area is 131 Å². The molecule has 0 fully saturated rings. The van der Waals surface area contributed by atoms with Crippen molar-refractivity contribution < 1.29 is 9.53 Å². The van der Waals surface area contributed by atoms with Gasteiger partial charge in [0.15, 0.2) is 6.61 Å². The lowest BCUT2D eigenvalue weighted by atomic mass is 10.2. The molecule has 0 saturated heterocycles. The standard InChI is InChI=1S/C15H16BrN3O2/c1-17-8-11-4-2-3-5-13(11)21-10-15(20)19-14-7-6-12(16)9-18-14/h2-7,9,17H,8,10H2,1H3,(H,18,19,20). The summed E-state index contributed by atoms with van der Waals surface area (Å²) in [7, 11) is 1.86. The first-order chi connectivity index (χ1) is 10.2. The lowest BCUT2D eigenvalue weighted by molar-refractivity contribution is -0.118. The number of benzene rings is 1. The van der Waals surface area contributed by atoms with Gasteiger partial charge >= 0.3 is 0 Å². The van der Waals surface area contributed by atoms with Crippen LogP contribution in [0.4, 0.5) is 5.82 Å². The second kappa shape index (κ2) is 7.75. The monoisotopic (exact) mass is 349 g/mol. The number of hydrogen-bond acceptors (Lipinski definition) is 4. The average Bonchev–Trinajstić information content (AvgIpc) is 2.49. The van der Waals surface area contributed by atoms with Crippen LogP contribution in [0.25, 0.3) is 0 Å². The van der Waals surface area contributed by atoms with E-state index in [9.17, 15) is 4.79 Å². The molecule has 1 amide bonds. The van der Waals surface area contributed by atoms with Gasteiger partial charge in [0, 0.05) is 22.8 Å². The molecule has 2 rings (SSSR count). The molecule has 0 aliphatic heterocycles. The molecule has 1 aromatic heterocycles. The van der Waals surface area contributed by atoms with Crippen LogP contribution in [0.5, 0.6) is 5.75 Å². The Hall–Kier alpha value is -1.92. The van der Waals surface area contributed by atoms with Gasteiger partial charge in [-0.05, 0) is 41.2 Å². The third-order valence-corrected chi connectivity index (χ3v) is 3.16. The maximum absolute atomic E-state index is 11.8. The van der Waals surface area contributed by atoms with E-state index < -0.39 is 0 Å². The molecular weight excluding hydrogens is 334 g/mol. The van der Waals surface area contributed by atoms with Gasteiger partial charge in [-0.25, -0.2) is 4.98 Å². The fourth-order valence-corrected chi connectivity index (χ4v) is 1.99. The van der Waals surface area contributed by atoms with E-state index in [1.807, 2.05) is 37.4 Å². The van der Waals surface area contributed by atoms with E-state index in [0.29, 0.717) is 18.1 Å². The van der Waals surface area contributed by atoms with Crippen LogP contribution in [0.3, 0.4) is 0 Å². The van der Waals surface area contributed by atoms with Gasteiger partial charge in [0.25, 0.3) is 5.91 Å². The number of carbonyl (C=O) groups is 1. The van der Waals surface area contributed by atoms with Crippen LogP contribution in [0.2, 0.25) is 0 Å². The number of halogens is 1. The van der Waals surface area contributed by atoms with E-state index in [4.69, 9.17) is 4.74 Å². The van der Waals surface area contributed by atoms with Gasteiger partial charge in [-0.2, -0.15) is 0 Å². The van der Waals surface area contributed by atoms with Gasteiger partial charge < -0.3 is 15.4 Å². The zero-order chi connectivity index (χ0) is 15.1. The molecule has 0 aliphatic carbocycles. The number of rotatable bonds is 6. The van der Waals surface area contributed by atoms with E-state index in [1.54, 1.807) is 12.3 Å². The van der Waals surface area contributed by atoms with Crippen molar-refractivity contribution in [2.24, 2.45) is 0 Å². The van der Waals surface area contributed by atoms with E-state index in [-0.39, 0.29) is 12.5 Å². The second-order valence-corrected chi connectivity index (χ2v) is 5.25. The molecule has 2 aromatic rings. The molecule has 0 saturated carbocycles. The maximum atomic E-state index is 11.8. The van der Waals surface area contributed by atoms with Gasteiger partial charge in [-0.1, -0.05) is 18.2 Å². The molecule has 0 radical (unpaired) electrons. The Balaban J connectivity index is 1.90. The highest BCUT2D eigenvalue weighted by Gasteiger charge is 2.07. The first-order valence-corrected chi connectivity index (χ1v) is 7.25.